The highest BCUT2D eigenvalue weighted by atomic mass is 16.7. The number of piperidine rings is 1. The summed E-state index contributed by atoms with van der Waals surface area (Å²) >= 11 is 0. The Labute approximate surface area is 113 Å². The summed E-state index contributed by atoms with van der Waals surface area (Å²) in [6.07, 6.45) is 2.64. The third kappa shape index (κ3) is 5.14. The first kappa shape index (κ1) is 15.9. The summed E-state index contributed by atoms with van der Waals surface area (Å²) in [5.74, 6) is -1.11. The molecule has 19 heavy (non-hydrogen) atoms. The fraction of sp³-hybridized carbons (Fsp3) is 0.833. The molecule has 2 N–H and O–H groups in total. The molecule has 1 saturated heterocycles. The molecule has 0 aromatic carbocycles. The van der Waals surface area contributed by atoms with E-state index in [-0.39, 0.29) is 18.5 Å². The maximum absolute atomic E-state index is 11.2. The highest BCUT2D eigenvalue weighted by Gasteiger charge is 2.22. The molecule has 0 amide bonds. The van der Waals surface area contributed by atoms with Crippen molar-refractivity contribution in [1.29, 1.82) is 0 Å². The summed E-state index contributed by atoms with van der Waals surface area (Å²) in [5, 5.41) is 12.1. The fourth-order valence-corrected chi connectivity index (χ4v) is 2.00. The van der Waals surface area contributed by atoms with Crippen LogP contribution in [0.1, 0.15) is 19.3 Å². The molecular formula is C12H23N3O4. The van der Waals surface area contributed by atoms with Crippen molar-refractivity contribution < 1.29 is 19.4 Å². The lowest BCUT2D eigenvalue weighted by atomic mass is 10.1. The van der Waals surface area contributed by atoms with Crippen molar-refractivity contribution in [2.75, 3.05) is 34.4 Å². The smallest absolute Gasteiger partial charge is 0.371 e. The van der Waals surface area contributed by atoms with Gasteiger partial charge in [0.15, 0.2) is 6.29 Å². The molecule has 7 heteroatoms. The molecular weight excluding hydrogens is 250 g/mol. The molecule has 1 atom stereocenters. The van der Waals surface area contributed by atoms with Crippen molar-refractivity contribution in [3.05, 3.63) is 0 Å². The molecule has 1 aliphatic rings. The number of carboxylic acids is 1. The summed E-state index contributed by atoms with van der Waals surface area (Å²) in [5.41, 5.74) is 0. The molecule has 1 fully saturated rings. The number of ether oxygens (including phenoxy) is 2. The lowest BCUT2D eigenvalue weighted by Crippen LogP contribution is -2.50. The van der Waals surface area contributed by atoms with Crippen molar-refractivity contribution in [2.45, 2.75) is 31.7 Å². The van der Waals surface area contributed by atoms with Crippen LogP contribution in [-0.2, 0) is 14.3 Å². The second-order valence-corrected chi connectivity index (χ2v) is 4.53. The van der Waals surface area contributed by atoms with Gasteiger partial charge in [0.2, 0.25) is 5.84 Å². The number of carbonyl (C=O) groups is 1. The normalized spacial score (nSPS) is 21.7. The maximum atomic E-state index is 11.2. The minimum atomic E-state index is -1.06. The third-order valence-electron chi connectivity index (χ3n) is 3.20. The molecule has 1 rings (SSSR count). The first-order chi connectivity index (χ1) is 9.08. The topological polar surface area (TPSA) is 83.4 Å². The van der Waals surface area contributed by atoms with Gasteiger partial charge in [-0.05, 0) is 32.9 Å². The maximum Gasteiger partial charge on any atom is 0.371 e. The van der Waals surface area contributed by atoms with E-state index in [1.165, 1.54) is 14.2 Å². The van der Waals surface area contributed by atoms with Crippen LogP contribution in [0.25, 0.3) is 0 Å². The molecule has 0 aliphatic carbocycles. The Hall–Kier alpha value is -1.18. The number of rotatable bonds is 5. The zero-order valence-corrected chi connectivity index (χ0v) is 11.8. The van der Waals surface area contributed by atoms with Gasteiger partial charge in [0.25, 0.3) is 0 Å². The van der Waals surface area contributed by atoms with E-state index in [0.29, 0.717) is 0 Å². The van der Waals surface area contributed by atoms with Crippen LogP contribution in [0.4, 0.5) is 0 Å². The van der Waals surface area contributed by atoms with Gasteiger partial charge in [-0.3, -0.25) is 9.89 Å². The summed E-state index contributed by atoms with van der Waals surface area (Å²) in [4.78, 5) is 17.3. The highest BCUT2D eigenvalue weighted by Crippen LogP contribution is 2.12. The first-order valence-corrected chi connectivity index (χ1v) is 6.38. The second kappa shape index (κ2) is 8.08. The van der Waals surface area contributed by atoms with Gasteiger partial charge in [0.05, 0.1) is 12.7 Å². The van der Waals surface area contributed by atoms with Crippen LogP contribution in [0.2, 0.25) is 0 Å². The fourth-order valence-electron chi connectivity index (χ4n) is 2.00. The Balaban J connectivity index is 2.61. The molecule has 0 bridgehead atoms. The van der Waals surface area contributed by atoms with E-state index in [0.717, 1.165) is 25.8 Å². The molecule has 0 saturated carbocycles. The number of hydrogen-bond donors (Lipinski definition) is 2. The predicted molar refractivity (Wildman–Crippen MR) is 71.1 cm³/mol. The summed E-state index contributed by atoms with van der Waals surface area (Å²) in [7, 11) is 4.96. The monoisotopic (exact) mass is 273 g/mol. The van der Waals surface area contributed by atoms with Crippen LogP contribution in [0, 0.1) is 0 Å². The van der Waals surface area contributed by atoms with Crippen LogP contribution in [0.5, 0.6) is 0 Å². The van der Waals surface area contributed by atoms with Gasteiger partial charge in [0.1, 0.15) is 0 Å². The van der Waals surface area contributed by atoms with Crippen molar-refractivity contribution >= 4 is 11.8 Å². The van der Waals surface area contributed by atoms with E-state index in [1.807, 2.05) is 7.05 Å². The molecule has 0 aromatic heterocycles. The first-order valence-electron chi connectivity index (χ1n) is 6.38. The Bertz CT molecular complexity index is 318. The molecule has 1 aliphatic heterocycles. The number of amidine groups is 1. The Morgan fingerprint density at radius 2 is 2.16 bits per heavy atom. The number of carboxylic acid groups (broad SMARTS) is 1. The summed E-state index contributed by atoms with van der Waals surface area (Å²) < 4.78 is 9.96. The van der Waals surface area contributed by atoms with Gasteiger partial charge in [-0.2, -0.15) is 0 Å². The van der Waals surface area contributed by atoms with E-state index >= 15 is 0 Å². The third-order valence-corrected chi connectivity index (χ3v) is 3.20. The van der Waals surface area contributed by atoms with Gasteiger partial charge in [-0.15, -0.1) is 0 Å². The standard InChI is InChI=1S/C12H23N3O4/c1-15-7-5-4-6-9(15)14-11(12(16)17)13-8-10(18-2)19-3/h9-10H,4-8H2,1-3H3,(H,13,14)(H,16,17). The molecule has 1 unspecified atom stereocenters. The van der Waals surface area contributed by atoms with Gasteiger partial charge in [0, 0.05) is 14.2 Å². The van der Waals surface area contributed by atoms with Gasteiger partial charge >= 0.3 is 5.97 Å². The molecule has 0 aromatic rings. The average molecular weight is 273 g/mol. The van der Waals surface area contributed by atoms with Crippen molar-refractivity contribution in [2.24, 2.45) is 4.99 Å². The number of aliphatic carboxylic acids is 1. The molecule has 110 valence electrons. The van der Waals surface area contributed by atoms with E-state index < -0.39 is 12.3 Å². The Kier molecular flexibility index (Phi) is 6.75. The number of aliphatic imine (C=N–C) groups is 1. The van der Waals surface area contributed by atoms with Crippen LogP contribution in [0.3, 0.4) is 0 Å². The van der Waals surface area contributed by atoms with Gasteiger partial charge < -0.3 is 19.9 Å². The Morgan fingerprint density at radius 3 is 2.68 bits per heavy atom. The molecule has 0 spiro atoms. The number of methoxy groups -OCH3 is 2. The van der Waals surface area contributed by atoms with Crippen molar-refractivity contribution in [1.82, 2.24) is 10.2 Å². The number of nitrogens with zero attached hydrogens (tertiary/aromatic N) is 2. The van der Waals surface area contributed by atoms with E-state index in [9.17, 15) is 4.79 Å². The largest absolute Gasteiger partial charge is 0.475 e. The second-order valence-electron chi connectivity index (χ2n) is 4.53. The minimum absolute atomic E-state index is 0.0205. The predicted octanol–water partition coefficient (Wildman–Crippen LogP) is 0.120. The molecule has 1 heterocycles. The minimum Gasteiger partial charge on any atom is -0.475 e. The lowest BCUT2D eigenvalue weighted by Gasteiger charge is -2.33. The lowest BCUT2D eigenvalue weighted by molar-refractivity contribution is -0.129. The summed E-state index contributed by atoms with van der Waals surface area (Å²) in [6, 6.07) is 0. The van der Waals surface area contributed by atoms with Gasteiger partial charge in [-0.25, -0.2) is 4.79 Å². The average Bonchev–Trinajstić information content (AvgIpc) is 2.40. The highest BCUT2D eigenvalue weighted by molar-refractivity contribution is 6.34. The number of hydrogen-bond acceptors (Lipinski definition) is 5. The summed E-state index contributed by atoms with van der Waals surface area (Å²) in [6.45, 7) is 1.11. The zero-order chi connectivity index (χ0) is 14.3. The molecule has 0 radical (unpaired) electrons. The van der Waals surface area contributed by atoms with Crippen LogP contribution in [0.15, 0.2) is 4.99 Å². The number of likely N-dealkylation sites (tertiary alicyclic amines) is 1. The SMILES string of the molecule is COC(CN=C(NC1CCCCN1C)C(=O)O)OC. The zero-order valence-electron chi connectivity index (χ0n) is 11.8. The van der Waals surface area contributed by atoms with E-state index in [1.54, 1.807) is 0 Å². The quantitative estimate of drug-likeness (QED) is 0.420. The van der Waals surface area contributed by atoms with Crippen LogP contribution in [-0.4, -0.2) is 68.6 Å². The van der Waals surface area contributed by atoms with E-state index in [2.05, 4.69) is 15.2 Å². The van der Waals surface area contributed by atoms with Gasteiger partial charge in [-0.1, -0.05) is 0 Å². The number of nitrogens with one attached hydrogen (secondary N) is 1. The van der Waals surface area contributed by atoms with Crippen molar-refractivity contribution in [3.8, 4) is 0 Å². The molecule has 7 nitrogen and oxygen atoms in total. The Morgan fingerprint density at radius 1 is 1.47 bits per heavy atom. The van der Waals surface area contributed by atoms with E-state index in [4.69, 9.17) is 14.6 Å². The van der Waals surface area contributed by atoms with Crippen molar-refractivity contribution in [3.63, 3.8) is 0 Å². The van der Waals surface area contributed by atoms with Crippen LogP contribution >= 0.6 is 0 Å². The van der Waals surface area contributed by atoms with Crippen LogP contribution < -0.4 is 5.32 Å².